The summed E-state index contributed by atoms with van der Waals surface area (Å²) < 4.78 is 0. The molecule has 126 valence electrons. The average Bonchev–Trinajstić information content (AvgIpc) is 3.18. The van der Waals surface area contributed by atoms with E-state index in [2.05, 4.69) is 16.8 Å². The van der Waals surface area contributed by atoms with E-state index in [1.54, 1.807) is 11.3 Å². The molecule has 0 aromatic carbocycles. The Labute approximate surface area is 140 Å². The third-order valence-corrected chi connectivity index (χ3v) is 5.93. The number of fused-ring (bicyclic) bond motifs is 1. The van der Waals surface area contributed by atoms with Gasteiger partial charge in [-0.15, -0.1) is 11.3 Å². The van der Waals surface area contributed by atoms with E-state index in [-0.39, 0.29) is 36.7 Å². The molecule has 2 aliphatic rings. The Hall–Kier alpha value is -1.40. The van der Waals surface area contributed by atoms with Crippen molar-refractivity contribution >= 4 is 23.2 Å². The van der Waals surface area contributed by atoms with Gasteiger partial charge >= 0.3 is 0 Å². The van der Waals surface area contributed by atoms with Gasteiger partial charge in [0.2, 0.25) is 11.8 Å². The Kier molecular flexibility index (Phi) is 5.33. The summed E-state index contributed by atoms with van der Waals surface area (Å²) in [4.78, 5) is 27.4. The lowest BCUT2D eigenvalue weighted by Crippen LogP contribution is -2.37. The number of rotatable bonds is 5. The summed E-state index contributed by atoms with van der Waals surface area (Å²) in [5, 5.41) is 14.7. The van der Waals surface area contributed by atoms with Crippen molar-refractivity contribution in [1.29, 1.82) is 0 Å². The van der Waals surface area contributed by atoms with Gasteiger partial charge in [0.1, 0.15) is 0 Å². The molecule has 1 aromatic rings. The second-order valence-corrected chi connectivity index (χ2v) is 7.50. The standard InChI is InChI=1S/C17H24N2O3S/c20-14-3-1-2-12(14)10-18-16(21)4-5-17(22)19-8-6-15-13(11-19)7-9-23-15/h7,9,12,14,20H,1-6,8,10-11H2,(H,18,21). The number of hydrogen-bond acceptors (Lipinski definition) is 4. The fourth-order valence-electron chi connectivity index (χ4n) is 3.43. The molecule has 1 aliphatic heterocycles. The van der Waals surface area contributed by atoms with Crippen molar-refractivity contribution in [3.63, 3.8) is 0 Å². The lowest BCUT2D eigenvalue weighted by atomic mass is 10.1. The molecule has 23 heavy (non-hydrogen) atoms. The molecule has 2 atom stereocenters. The van der Waals surface area contributed by atoms with Gasteiger partial charge in [-0.05, 0) is 36.3 Å². The van der Waals surface area contributed by atoms with Crippen LogP contribution in [0.15, 0.2) is 11.4 Å². The summed E-state index contributed by atoms with van der Waals surface area (Å²) in [7, 11) is 0. The molecule has 3 rings (SSSR count). The molecule has 2 heterocycles. The predicted molar refractivity (Wildman–Crippen MR) is 89.0 cm³/mol. The highest BCUT2D eigenvalue weighted by Gasteiger charge is 2.26. The van der Waals surface area contributed by atoms with Gasteiger partial charge in [-0.1, -0.05) is 6.42 Å². The monoisotopic (exact) mass is 336 g/mol. The molecule has 0 radical (unpaired) electrons. The van der Waals surface area contributed by atoms with Crippen LogP contribution in [0.3, 0.4) is 0 Å². The smallest absolute Gasteiger partial charge is 0.223 e. The highest BCUT2D eigenvalue weighted by atomic mass is 32.1. The molecular weight excluding hydrogens is 312 g/mol. The first-order chi connectivity index (χ1) is 11.1. The van der Waals surface area contributed by atoms with E-state index >= 15 is 0 Å². The number of aliphatic hydroxyl groups is 1. The first kappa shape index (κ1) is 16.5. The average molecular weight is 336 g/mol. The summed E-state index contributed by atoms with van der Waals surface area (Å²) in [6.45, 7) is 1.95. The lowest BCUT2D eigenvalue weighted by Gasteiger charge is -2.27. The van der Waals surface area contributed by atoms with Gasteiger partial charge in [-0.2, -0.15) is 0 Å². The zero-order valence-electron chi connectivity index (χ0n) is 13.3. The Morgan fingerprint density at radius 2 is 2.22 bits per heavy atom. The van der Waals surface area contributed by atoms with Crippen LogP contribution in [0, 0.1) is 5.92 Å². The molecule has 2 amide bonds. The van der Waals surface area contributed by atoms with Crippen LogP contribution in [0.4, 0.5) is 0 Å². The van der Waals surface area contributed by atoms with Gasteiger partial charge in [0.15, 0.2) is 0 Å². The lowest BCUT2D eigenvalue weighted by molar-refractivity contribution is -0.134. The number of aliphatic hydroxyl groups excluding tert-OH is 1. The van der Waals surface area contributed by atoms with E-state index in [9.17, 15) is 14.7 Å². The van der Waals surface area contributed by atoms with Gasteiger partial charge < -0.3 is 15.3 Å². The van der Waals surface area contributed by atoms with Crippen LogP contribution < -0.4 is 5.32 Å². The van der Waals surface area contributed by atoms with Crippen molar-refractivity contribution in [2.75, 3.05) is 13.1 Å². The molecule has 1 fully saturated rings. The second-order valence-electron chi connectivity index (χ2n) is 6.50. The zero-order chi connectivity index (χ0) is 16.2. The highest BCUT2D eigenvalue weighted by Crippen LogP contribution is 2.25. The molecule has 1 aromatic heterocycles. The van der Waals surface area contributed by atoms with Crippen LogP contribution in [0.5, 0.6) is 0 Å². The molecule has 1 aliphatic carbocycles. The fraction of sp³-hybridized carbons (Fsp3) is 0.647. The van der Waals surface area contributed by atoms with Gasteiger partial charge in [-0.25, -0.2) is 0 Å². The number of carbonyl (C=O) groups excluding carboxylic acids is 2. The van der Waals surface area contributed by atoms with Crippen molar-refractivity contribution < 1.29 is 14.7 Å². The summed E-state index contributed by atoms with van der Waals surface area (Å²) in [5.74, 6) is 0.136. The van der Waals surface area contributed by atoms with Crippen molar-refractivity contribution in [1.82, 2.24) is 10.2 Å². The minimum absolute atomic E-state index is 0.0536. The van der Waals surface area contributed by atoms with Crippen LogP contribution in [-0.2, 0) is 22.6 Å². The topological polar surface area (TPSA) is 69.6 Å². The highest BCUT2D eigenvalue weighted by molar-refractivity contribution is 7.10. The number of amides is 2. The molecule has 0 bridgehead atoms. The minimum atomic E-state index is -0.287. The van der Waals surface area contributed by atoms with Crippen LogP contribution in [0.2, 0.25) is 0 Å². The molecule has 5 nitrogen and oxygen atoms in total. The Balaban J connectivity index is 1.38. The SMILES string of the molecule is O=C(CCC(=O)N1CCc2sccc2C1)NCC1CCCC1O. The van der Waals surface area contributed by atoms with Gasteiger partial charge in [0, 0.05) is 43.3 Å². The Bertz CT molecular complexity index is 572. The van der Waals surface area contributed by atoms with Crippen LogP contribution in [-0.4, -0.2) is 41.0 Å². The van der Waals surface area contributed by atoms with E-state index in [1.807, 2.05) is 4.90 Å². The van der Waals surface area contributed by atoms with Crippen LogP contribution >= 0.6 is 11.3 Å². The van der Waals surface area contributed by atoms with Crippen molar-refractivity contribution in [2.45, 2.75) is 51.2 Å². The second kappa shape index (κ2) is 7.45. The summed E-state index contributed by atoms with van der Waals surface area (Å²) in [6, 6.07) is 2.08. The predicted octanol–water partition coefficient (Wildman–Crippen LogP) is 1.69. The Morgan fingerprint density at radius 3 is 3.00 bits per heavy atom. The summed E-state index contributed by atoms with van der Waals surface area (Å²) in [6.07, 6.45) is 3.96. The van der Waals surface area contributed by atoms with Gasteiger partial charge in [0.25, 0.3) is 0 Å². The van der Waals surface area contributed by atoms with Crippen molar-refractivity contribution in [2.24, 2.45) is 5.92 Å². The largest absolute Gasteiger partial charge is 0.393 e. The zero-order valence-corrected chi connectivity index (χ0v) is 14.1. The third-order valence-electron chi connectivity index (χ3n) is 4.91. The summed E-state index contributed by atoms with van der Waals surface area (Å²) >= 11 is 1.75. The molecule has 2 unspecified atom stereocenters. The van der Waals surface area contributed by atoms with Crippen LogP contribution in [0.1, 0.15) is 42.5 Å². The van der Waals surface area contributed by atoms with Crippen LogP contribution in [0.25, 0.3) is 0 Å². The molecule has 1 saturated carbocycles. The number of nitrogens with one attached hydrogen (secondary N) is 1. The quantitative estimate of drug-likeness (QED) is 0.860. The summed E-state index contributed by atoms with van der Waals surface area (Å²) in [5.41, 5.74) is 1.24. The maximum Gasteiger partial charge on any atom is 0.223 e. The molecular formula is C17H24N2O3S. The van der Waals surface area contributed by atoms with Gasteiger partial charge in [0.05, 0.1) is 6.10 Å². The van der Waals surface area contributed by atoms with E-state index in [4.69, 9.17) is 0 Å². The van der Waals surface area contributed by atoms with Gasteiger partial charge in [-0.3, -0.25) is 9.59 Å². The first-order valence-corrected chi connectivity index (χ1v) is 9.29. The van der Waals surface area contributed by atoms with E-state index in [0.717, 1.165) is 32.2 Å². The number of nitrogens with zero attached hydrogens (tertiary/aromatic N) is 1. The Morgan fingerprint density at radius 1 is 1.35 bits per heavy atom. The third kappa shape index (κ3) is 4.12. The van der Waals surface area contributed by atoms with E-state index in [1.165, 1.54) is 10.4 Å². The molecule has 0 spiro atoms. The maximum atomic E-state index is 12.3. The van der Waals surface area contributed by atoms with E-state index < -0.39 is 0 Å². The molecule has 6 heteroatoms. The minimum Gasteiger partial charge on any atom is -0.393 e. The normalized spacial score (nSPS) is 23.6. The first-order valence-electron chi connectivity index (χ1n) is 8.41. The number of thiophene rings is 1. The number of carbonyl (C=O) groups is 2. The molecule has 0 saturated heterocycles. The maximum absolute atomic E-state index is 12.3. The van der Waals surface area contributed by atoms with Crippen molar-refractivity contribution in [3.05, 3.63) is 21.9 Å². The molecule has 2 N–H and O–H groups in total. The number of hydrogen-bond donors (Lipinski definition) is 2. The van der Waals surface area contributed by atoms with E-state index in [0.29, 0.717) is 13.1 Å². The van der Waals surface area contributed by atoms with Crippen molar-refractivity contribution in [3.8, 4) is 0 Å². The fourth-order valence-corrected chi connectivity index (χ4v) is 4.32.